The molecule has 0 unspecified atom stereocenters. The van der Waals surface area contributed by atoms with Gasteiger partial charge >= 0.3 is 0 Å². The van der Waals surface area contributed by atoms with Crippen molar-refractivity contribution in [3.63, 3.8) is 0 Å². The first-order chi connectivity index (χ1) is 11.0. The molecule has 5 nitrogen and oxygen atoms in total. The van der Waals surface area contributed by atoms with E-state index < -0.39 is 9.84 Å². The van der Waals surface area contributed by atoms with Gasteiger partial charge in [-0.15, -0.1) is 0 Å². The highest BCUT2D eigenvalue weighted by molar-refractivity contribution is 7.91. The van der Waals surface area contributed by atoms with E-state index >= 15 is 0 Å². The van der Waals surface area contributed by atoms with E-state index in [1.54, 1.807) is 49.5 Å². The van der Waals surface area contributed by atoms with E-state index in [1.165, 1.54) is 12.1 Å². The predicted octanol–water partition coefficient (Wildman–Crippen LogP) is 3.87. The third kappa shape index (κ3) is 2.83. The Kier molecular flexibility index (Phi) is 4.11. The Morgan fingerprint density at radius 3 is 2.35 bits per heavy atom. The van der Waals surface area contributed by atoms with Crippen LogP contribution in [-0.4, -0.2) is 20.4 Å². The van der Waals surface area contributed by atoms with E-state index in [9.17, 15) is 8.42 Å². The fourth-order valence-electron chi connectivity index (χ4n) is 2.11. The van der Waals surface area contributed by atoms with Gasteiger partial charge in [0.2, 0.25) is 26.6 Å². The summed E-state index contributed by atoms with van der Waals surface area (Å²) in [4.78, 5) is 4.31. The molecule has 23 heavy (non-hydrogen) atoms. The van der Waals surface area contributed by atoms with Crippen molar-refractivity contribution in [1.29, 1.82) is 0 Å². The summed E-state index contributed by atoms with van der Waals surface area (Å²) in [6, 6.07) is 15.0. The lowest BCUT2D eigenvalue weighted by atomic mass is 10.2. The first kappa shape index (κ1) is 15.6. The van der Waals surface area contributed by atoms with Crippen molar-refractivity contribution in [3.8, 4) is 11.5 Å². The monoisotopic (exact) mass is 348 g/mol. The fourth-order valence-corrected chi connectivity index (χ4v) is 3.65. The van der Waals surface area contributed by atoms with Gasteiger partial charge in [-0.1, -0.05) is 41.9 Å². The van der Waals surface area contributed by atoms with Crippen LogP contribution in [0.3, 0.4) is 0 Å². The minimum atomic E-state index is -3.79. The maximum atomic E-state index is 12.7. The average Bonchev–Trinajstić information content (AvgIpc) is 3.01. The van der Waals surface area contributed by atoms with Gasteiger partial charge < -0.3 is 9.73 Å². The summed E-state index contributed by atoms with van der Waals surface area (Å²) in [6.07, 6.45) is 0. The van der Waals surface area contributed by atoms with E-state index in [-0.39, 0.29) is 21.7 Å². The number of sulfone groups is 1. The molecule has 1 heterocycles. The number of rotatable bonds is 4. The van der Waals surface area contributed by atoms with Gasteiger partial charge in [0.05, 0.1) is 15.5 Å². The summed E-state index contributed by atoms with van der Waals surface area (Å²) in [5, 5.41) is 2.99. The molecule has 1 N–H and O–H groups in total. The molecular weight excluding hydrogens is 336 g/mol. The molecule has 0 saturated heterocycles. The largest absolute Gasteiger partial charge is 0.419 e. The Morgan fingerprint density at radius 1 is 1.04 bits per heavy atom. The molecule has 0 aliphatic rings. The number of aromatic nitrogens is 1. The summed E-state index contributed by atoms with van der Waals surface area (Å²) in [5.74, 6) is 0.221. The molecule has 118 valence electrons. The van der Waals surface area contributed by atoms with E-state index in [1.807, 2.05) is 0 Å². The Hall–Kier alpha value is -2.31. The van der Waals surface area contributed by atoms with E-state index in [4.69, 9.17) is 16.0 Å². The van der Waals surface area contributed by atoms with Gasteiger partial charge in [-0.05, 0) is 24.3 Å². The Bertz CT molecular complexity index is 937. The molecule has 0 radical (unpaired) electrons. The zero-order valence-corrected chi connectivity index (χ0v) is 13.7. The molecule has 0 fully saturated rings. The van der Waals surface area contributed by atoms with Crippen molar-refractivity contribution >= 4 is 27.3 Å². The summed E-state index contributed by atoms with van der Waals surface area (Å²) >= 11 is 6.12. The van der Waals surface area contributed by atoms with Crippen LogP contribution < -0.4 is 5.32 Å². The van der Waals surface area contributed by atoms with Gasteiger partial charge in [-0.25, -0.2) is 8.42 Å². The normalized spacial score (nSPS) is 11.4. The number of halogens is 1. The van der Waals surface area contributed by atoms with Crippen LogP contribution in [0, 0.1) is 0 Å². The van der Waals surface area contributed by atoms with Crippen molar-refractivity contribution in [2.45, 2.75) is 9.92 Å². The number of nitrogens with one attached hydrogen (secondary N) is 1. The highest BCUT2D eigenvalue weighted by Gasteiger charge is 2.28. The molecule has 0 atom stereocenters. The highest BCUT2D eigenvalue weighted by Crippen LogP contribution is 2.34. The van der Waals surface area contributed by atoms with Crippen LogP contribution in [-0.2, 0) is 9.84 Å². The molecule has 7 heteroatoms. The second-order valence-electron chi connectivity index (χ2n) is 4.70. The highest BCUT2D eigenvalue weighted by atomic mass is 35.5. The van der Waals surface area contributed by atoms with Gasteiger partial charge in [-0.3, -0.25) is 0 Å². The predicted molar refractivity (Wildman–Crippen MR) is 88.4 cm³/mol. The molecular formula is C16H13ClN2O3S. The minimum absolute atomic E-state index is 0.0729. The van der Waals surface area contributed by atoms with Gasteiger partial charge in [0.15, 0.2) is 0 Å². The van der Waals surface area contributed by atoms with Gasteiger partial charge in [-0.2, -0.15) is 4.98 Å². The number of hydrogen-bond donors (Lipinski definition) is 1. The second kappa shape index (κ2) is 6.06. The summed E-state index contributed by atoms with van der Waals surface area (Å²) in [6.45, 7) is 0. The lowest BCUT2D eigenvalue weighted by Gasteiger charge is -2.02. The zero-order valence-electron chi connectivity index (χ0n) is 12.2. The Balaban J connectivity index is 2.16. The van der Waals surface area contributed by atoms with E-state index in [0.717, 1.165) is 0 Å². The summed E-state index contributed by atoms with van der Waals surface area (Å²) < 4.78 is 31.0. The summed E-state index contributed by atoms with van der Waals surface area (Å²) in [7, 11) is -2.22. The molecule has 3 rings (SSSR count). The van der Waals surface area contributed by atoms with Gasteiger partial charge in [0, 0.05) is 7.05 Å². The van der Waals surface area contributed by atoms with Gasteiger partial charge in [0.1, 0.15) is 0 Å². The maximum Gasteiger partial charge on any atom is 0.233 e. The van der Waals surface area contributed by atoms with Crippen LogP contribution in [0.4, 0.5) is 5.88 Å². The number of anilines is 1. The minimum Gasteiger partial charge on any atom is -0.419 e. The SMILES string of the molecule is CNc1oc(-c2ccccc2Cl)nc1S(=O)(=O)c1ccccc1. The lowest BCUT2D eigenvalue weighted by Crippen LogP contribution is -2.05. The lowest BCUT2D eigenvalue weighted by molar-refractivity contribution is 0.580. The van der Waals surface area contributed by atoms with Crippen LogP contribution in [0.15, 0.2) is 68.9 Å². The Labute approximate surface area is 138 Å². The Morgan fingerprint density at radius 2 is 1.70 bits per heavy atom. The quantitative estimate of drug-likeness (QED) is 0.774. The molecule has 3 aromatic rings. The van der Waals surface area contributed by atoms with E-state index in [0.29, 0.717) is 10.6 Å². The number of hydrogen-bond acceptors (Lipinski definition) is 5. The standard InChI is InChI=1S/C16H13ClN2O3S/c1-18-15-16(23(20,21)11-7-3-2-4-8-11)19-14(22-15)12-9-5-6-10-13(12)17/h2-10,18H,1H3. The topological polar surface area (TPSA) is 72.2 Å². The van der Waals surface area contributed by atoms with E-state index in [2.05, 4.69) is 10.3 Å². The average molecular weight is 349 g/mol. The molecule has 0 bridgehead atoms. The number of benzene rings is 2. The van der Waals surface area contributed by atoms with Crippen molar-refractivity contribution in [2.75, 3.05) is 12.4 Å². The van der Waals surface area contributed by atoms with Crippen molar-refractivity contribution < 1.29 is 12.8 Å². The fraction of sp³-hybridized carbons (Fsp3) is 0.0625. The molecule has 1 aromatic heterocycles. The first-order valence-corrected chi connectivity index (χ1v) is 8.64. The molecule has 0 amide bonds. The molecule has 2 aromatic carbocycles. The third-order valence-electron chi connectivity index (χ3n) is 3.24. The molecule has 0 aliphatic carbocycles. The van der Waals surface area contributed by atoms with Crippen LogP contribution in [0.25, 0.3) is 11.5 Å². The third-order valence-corrected chi connectivity index (χ3v) is 5.24. The molecule has 0 spiro atoms. The maximum absolute atomic E-state index is 12.7. The van der Waals surface area contributed by atoms with Crippen molar-refractivity contribution in [2.24, 2.45) is 0 Å². The number of oxazole rings is 1. The van der Waals surface area contributed by atoms with Crippen LogP contribution >= 0.6 is 11.6 Å². The van der Waals surface area contributed by atoms with Crippen LogP contribution in [0.5, 0.6) is 0 Å². The van der Waals surface area contributed by atoms with Crippen LogP contribution in [0.1, 0.15) is 0 Å². The zero-order chi connectivity index (χ0) is 16.4. The molecule has 0 saturated carbocycles. The van der Waals surface area contributed by atoms with Crippen molar-refractivity contribution in [1.82, 2.24) is 4.98 Å². The summed E-state index contributed by atoms with van der Waals surface area (Å²) in [5.41, 5.74) is 0.528. The first-order valence-electron chi connectivity index (χ1n) is 6.77. The smallest absolute Gasteiger partial charge is 0.233 e. The van der Waals surface area contributed by atoms with Gasteiger partial charge in [0.25, 0.3) is 0 Å². The molecule has 0 aliphatic heterocycles. The van der Waals surface area contributed by atoms with Crippen molar-refractivity contribution in [3.05, 3.63) is 59.6 Å². The number of nitrogens with zero attached hydrogens (tertiary/aromatic N) is 1. The van der Waals surface area contributed by atoms with Crippen LogP contribution in [0.2, 0.25) is 5.02 Å². The second-order valence-corrected chi connectivity index (χ2v) is 6.97.